The third kappa shape index (κ3) is 4.21. The van der Waals surface area contributed by atoms with Crippen LogP contribution in [0.4, 0.5) is 0 Å². The first kappa shape index (κ1) is 20.4. The molecular weight excluding hydrogens is 388 g/mol. The number of para-hydroxylation sites is 2. The molecule has 0 spiro atoms. The standard InChI is InChI=1S/C26H24N2O3/c1-2-3-19-23-24(29)27(21-15-9-5-10-16-21)28(22-17-11-6-12-18-22)25(23)31-26(30)20-13-7-4-8-14-20/h4-18H,2-3,19H2,1H3. The highest BCUT2D eigenvalue weighted by molar-refractivity contribution is 5.91. The first-order chi connectivity index (χ1) is 15.2. The summed E-state index contributed by atoms with van der Waals surface area (Å²) in [6.07, 6.45) is 2.27. The van der Waals surface area contributed by atoms with Gasteiger partial charge in [0.05, 0.1) is 22.5 Å². The molecule has 0 aliphatic carbocycles. The van der Waals surface area contributed by atoms with Crippen LogP contribution in [0.25, 0.3) is 11.4 Å². The van der Waals surface area contributed by atoms with Gasteiger partial charge in [-0.05, 0) is 49.2 Å². The first-order valence-electron chi connectivity index (χ1n) is 10.5. The Morgan fingerprint density at radius 1 is 0.774 bits per heavy atom. The predicted octanol–water partition coefficient (Wildman–Crippen LogP) is 5.19. The molecule has 0 amide bonds. The lowest BCUT2D eigenvalue weighted by Crippen LogP contribution is -2.21. The number of carbonyl (C=O) groups excluding carboxylic acids is 1. The topological polar surface area (TPSA) is 53.2 Å². The molecule has 0 N–H and O–H groups in total. The fourth-order valence-corrected chi connectivity index (χ4v) is 3.53. The normalized spacial score (nSPS) is 10.7. The van der Waals surface area contributed by atoms with E-state index in [1.54, 1.807) is 33.6 Å². The van der Waals surface area contributed by atoms with E-state index in [4.69, 9.17) is 4.74 Å². The lowest BCUT2D eigenvalue weighted by atomic mass is 10.1. The highest BCUT2D eigenvalue weighted by atomic mass is 16.5. The first-order valence-corrected chi connectivity index (χ1v) is 10.5. The zero-order chi connectivity index (χ0) is 21.6. The summed E-state index contributed by atoms with van der Waals surface area (Å²) in [7, 11) is 0. The molecule has 4 rings (SSSR count). The molecule has 0 aliphatic rings. The molecule has 0 fully saturated rings. The van der Waals surface area contributed by atoms with Gasteiger partial charge in [0.15, 0.2) is 0 Å². The van der Waals surface area contributed by atoms with Crippen LogP contribution < -0.4 is 10.3 Å². The van der Waals surface area contributed by atoms with Gasteiger partial charge in [0.2, 0.25) is 5.88 Å². The maximum Gasteiger partial charge on any atom is 0.344 e. The minimum Gasteiger partial charge on any atom is -0.403 e. The minimum absolute atomic E-state index is 0.181. The van der Waals surface area contributed by atoms with Gasteiger partial charge in [-0.2, -0.15) is 0 Å². The molecule has 0 aliphatic heterocycles. The summed E-state index contributed by atoms with van der Waals surface area (Å²) in [5.74, 6) is -0.226. The quantitative estimate of drug-likeness (QED) is 0.393. The van der Waals surface area contributed by atoms with Gasteiger partial charge < -0.3 is 4.74 Å². The van der Waals surface area contributed by atoms with Crippen LogP contribution in [0.15, 0.2) is 95.8 Å². The Kier molecular flexibility index (Phi) is 6.13. The average molecular weight is 412 g/mol. The number of esters is 1. The van der Waals surface area contributed by atoms with Crippen LogP contribution in [0.5, 0.6) is 5.88 Å². The van der Waals surface area contributed by atoms with Crippen molar-refractivity contribution in [1.82, 2.24) is 9.36 Å². The molecule has 0 bridgehead atoms. The SMILES string of the molecule is CCCCc1c(OC(=O)c2ccccc2)n(-c2ccccc2)n(-c2ccccc2)c1=O. The fourth-order valence-electron chi connectivity index (χ4n) is 3.53. The molecule has 0 unspecified atom stereocenters. The van der Waals surface area contributed by atoms with Crippen molar-refractivity contribution < 1.29 is 9.53 Å². The Hall–Kier alpha value is -3.86. The molecule has 3 aromatic carbocycles. The molecule has 0 saturated carbocycles. The van der Waals surface area contributed by atoms with E-state index in [2.05, 4.69) is 6.92 Å². The van der Waals surface area contributed by atoms with Gasteiger partial charge in [0.25, 0.3) is 5.56 Å². The molecule has 156 valence electrons. The van der Waals surface area contributed by atoms with E-state index in [0.29, 0.717) is 23.2 Å². The number of nitrogens with zero attached hydrogens (tertiary/aromatic N) is 2. The Labute approximate surface area is 181 Å². The van der Waals surface area contributed by atoms with Crippen LogP contribution in [0.3, 0.4) is 0 Å². The van der Waals surface area contributed by atoms with Gasteiger partial charge in [-0.3, -0.25) is 4.79 Å². The van der Waals surface area contributed by atoms with Gasteiger partial charge in [0.1, 0.15) is 0 Å². The van der Waals surface area contributed by atoms with Gasteiger partial charge in [0, 0.05) is 0 Å². The van der Waals surface area contributed by atoms with Crippen LogP contribution in [-0.2, 0) is 6.42 Å². The van der Waals surface area contributed by atoms with Crippen molar-refractivity contribution in [2.45, 2.75) is 26.2 Å². The lowest BCUT2D eigenvalue weighted by molar-refractivity contribution is 0.0720. The van der Waals surface area contributed by atoms with Crippen LogP contribution in [0.1, 0.15) is 35.7 Å². The summed E-state index contributed by atoms with van der Waals surface area (Å²) in [6.45, 7) is 2.07. The number of hydrogen-bond donors (Lipinski definition) is 0. The average Bonchev–Trinajstić information content (AvgIpc) is 3.10. The second-order valence-corrected chi connectivity index (χ2v) is 7.24. The summed E-state index contributed by atoms with van der Waals surface area (Å²) in [4.78, 5) is 26.5. The molecule has 5 heteroatoms. The summed E-state index contributed by atoms with van der Waals surface area (Å²) in [5, 5.41) is 0. The summed E-state index contributed by atoms with van der Waals surface area (Å²) in [6, 6.07) is 27.7. The van der Waals surface area contributed by atoms with E-state index < -0.39 is 5.97 Å². The Morgan fingerprint density at radius 2 is 1.29 bits per heavy atom. The lowest BCUT2D eigenvalue weighted by Gasteiger charge is -2.15. The van der Waals surface area contributed by atoms with Crippen molar-refractivity contribution in [3.05, 3.63) is 112 Å². The molecule has 0 saturated heterocycles. The molecule has 5 nitrogen and oxygen atoms in total. The number of hydrogen-bond acceptors (Lipinski definition) is 3. The van der Waals surface area contributed by atoms with Crippen LogP contribution in [0.2, 0.25) is 0 Å². The Balaban J connectivity index is 1.94. The fraction of sp³-hybridized carbons (Fsp3) is 0.154. The van der Waals surface area contributed by atoms with E-state index in [1.165, 1.54) is 0 Å². The van der Waals surface area contributed by atoms with Gasteiger partial charge in [-0.15, -0.1) is 0 Å². The van der Waals surface area contributed by atoms with Gasteiger partial charge in [-0.1, -0.05) is 67.9 Å². The molecule has 0 radical (unpaired) electrons. The second kappa shape index (κ2) is 9.30. The number of carbonyl (C=O) groups is 1. The zero-order valence-corrected chi connectivity index (χ0v) is 17.4. The molecule has 1 heterocycles. The van der Waals surface area contributed by atoms with Crippen molar-refractivity contribution in [1.29, 1.82) is 0 Å². The van der Waals surface area contributed by atoms with E-state index in [1.807, 2.05) is 66.7 Å². The summed E-state index contributed by atoms with van der Waals surface area (Å²) < 4.78 is 9.18. The van der Waals surface area contributed by atoms with Gasteiger partial charge in [-0.25, -0.2) is 14.2 Å². The molecule has 4 aromatic rings. The smallest absolute Gasteiger partial charge is 0.344 e. The third-order valence-corrected chi connectivity index (χ3v) is 5.08. The minimum atomic E-state index is -0.492. The van der Waals surface area contributed by atoms with Crippen molar-refractivity contribution in [2.24, 2.45) is 0 Å². The number of aromatic nitrogens is 2. The van der Waals surface area contributed by atoms with Crippen LogP contribution >= 0.6 is 0 Å². The molecule has 1 aromatic heterocycles. The van der Waals surface area contributed by atoms with Crippen molar-refractivity contribution in [3.63, 3.8) is 0 Å². The Morgan fingerprint density at radius 3 is 1.84 bits per heavy atom. The van der Waals surface area contributed by atoms with E-state index in [9.17, 15) is 9.59 Å². The number of rotatable bonds is 7. The van der Waals surface area contributed by atoms with Crippen molar-refractivity contribution >= 4 is 5.97 Å². The Bertz CT molecular complexity index is 1210. The van der Waals surface area contributed by atoms with Crippen molar-refractivity contribution in [3.8, 4) is 17.3 Å². The monoisotopic (exact) mass is 412 g/mol. The van der Waals surface area contributed by atoms with E-state index in [-0.39, 0.29) is 11.4 Å². The number of ether oxygens (including phenoxy) is 1. The largest absolute Gasteiger partial charge is 0.403 e. The van der Waals surface area contributed by atoms with E-state index in [0.717, 1.165) is 18.5 Å². The maximum atomic E-state index is 13.6. The highest BCUT2D eigenvalue weighted by Crippen LogP contribution is 2.26. The summed E-state index contributed by atoms with van der Waals surface area (Å²) >= 11 is 0. The van der Waals surface area contributed by atoms with Gasteiger partial charge >= 0.3 is 5.97 Å². The maximum absolute atomic E-state index is 13.6. The third-order valence-electron chi connectivity index (χ3n) is 5.08. The molecule has 0 atom stereocenters. The number of benzene rings is 3. The highest BCUT2D eigenvalue weighted by Gasteiger charge is 2.25. The summed E-state index contributed by atoms with van der Waals surface area (Å²) in [5.41, 5.74) is 2.19. The molecular formula is C26H24N2O3. The molecule has 31 heavy (non-hydrogen) atoms. The van der Waals surface area contributed by atoms with Crippen LogP contribution in [-0.4, -0.2) is 15.3 Å². The van der Waals surface area contributed by atoms with E-state index >= 15 is 0 Å². The van der Waals surface area contributed by atoms with Crippen LogP contribution in [0, 0.1) is 0 Å². The predicted molar refractivity (Wildman–Crippen MR) is 121 cm³/mol. The zero-order valence-electron chi connectivity index (χ0n) is 17.4. The second-order valence-electron chi connectivity index (χ2n) is 7.24. The number of unbranched alkanes of at least 4 members (excludes halogenated alkanes) is 1. The van der Waals surface area contributed by atoms with Crippen molar-refractivity contribution in [2.75, 3.05) is 0 Å².